The van der Waals surface area contributed by atoms with Gasteiger partial charge in [-0.1, -0.05) is 79.7 Å². The van der Waals surface area contributed by atoms with Gasteiger partial charge in [-0.15, -0.1) is 0 Å². The summed E-state index contributed by atoms with van der Waals surface area (Å²) in [5.74, 6) is 0.0193. The Kier molecular flexibility index (Phi) is 5.11. The molecule has 0 bridgehead atoms. The Hall–Kier alpha value is -3.13. The summed E-state index contributed by atoms with van der Waals surface area (Å²) < 4.78 is 0. The number of rotatable bonds is 3. The van der Waals surface area contributed by atoms with Crippen molar-refractivity contribution in [2.24, 2.45) is 0 Å². The second-order valence-electron chi connectivity index (χ2n) is 9.13. The second kappa shape index (κ2) is 7.60. The molecule has 4 rings (SSSR count). The predicted octanol–water partition coefficient (Wildman–Crippen LogP) is 6.53. The number of benzene rings is 3. The van der Waals surface area contributed by atoms with Crippen LogP contribution in [-0.2, 0) is 10.2 Å². The maximum Gasteiger partial charge on any atom is 0.251 e. The van der Waals surface area contributed by atoms with E-state index >= 15 is 0 Å². The van der Waals surface area contributed by atoms with Gasteiger partial charge < -0.3 is 4.90 Å². The molecule has 0 saturated heterocycles. The average Bonchev–Trinajstić information content (AvgIpc) is 2.72. The first kappa shape index (κ1) is 20.2. The van der Waals surface area contributed by atoms with Crippen LogP contribution in [0.4, 0.5) is 5.69 Å². The van der Waals surface area contributed by atoms with Crippen LogP contribution in [0.1, 0.15) is 49.4 Å². The number of fused-ring (bicyclic) bond motifs is 1. The maximum absolute atomic E-state index is 13.4. The summed E-state index contributed by atoms with van der Waals surface area (Å²) in [5.41, 5.74) is 5.21. The molecular weight excluding hydrogens is 366 g/mol. The van der Waals surface area contributed by atoms with Crippen LogP contribution in [0.25, 0.3) is 6.08 Å². The van der Waals surface area contributed by atoms with Crippen molar-refractivity contribution < 1.29 is 4.79 Å². The van der Waals surface area contributed by atoms with Crippen molar-refractivity contribution >= 4 is 17.7 Å². The Morgan fingerprint density at radius 1 is 0.900 bits per heavy atom. The third-order valence-electron chi connectivity index (χ3n) is 6.23. The molecule has 30 heavy (non-hydrogen) atoms. The fourth-order valence-electron chi connectivity index (χ4n) is 4.95. The van der Waals surface area contributed by atoms with Gasteiger partial charge >= 0.3 is 0 Å². The Morgan fingerprint density at radius 3 is 2.20 bits per heavy atom. The standard InChI is InChI=1S/C28H29NO/c1-21-15-17-24-25(19-21)29(26(30)18-16-22-11-7-5-8-12-22)27(2,3)20-28(24,4)23-13-9-6-10-14-23/h5-19H,20H2,1-4H3. The largest absolute Gasteiger partial charge is 0.303 e. The Morgan fingerprint density at radius 2 is 1.53 bits per heavy atom. The Balaban J connectivity index is 1.82. The molecule has 0 aromatic heterocycles. The lowest BCUT2D eigenvalue weighted by atomic mass is 9.65. The molecule has 3 aromatic rings. The number of carbonyl (C=O) groups excluding carboxylic acids is 1. The molecule has 1 atom stereocenters. The minimum absolute atomic E-state index is 0.0193. The first-order valence-electron chi connectivity index (χ1n) is 10.6. The van der Waals surface area contributed by atoms with Crippen molar-refractivity contribution in [3.05, 3.63) is 107 Å². The molecule has 0 fully saturated rings. The van der Waals surface area contributed by atoms with Crippen molar-refractivity contribution in [1.29, 1.82) is 0 Å². The number of hydrogen-bond acceptors (Lipinski definition) is 1. The summed E-state index contributed by atoms with van der Waals surface area (Å²) in [5, 5.41) is 0. The van der Waals surface area contributed by atoms with Gasteiger partial charge in [0.2, 0.25) is 0 Å². The van der Waals surface area contributed by atoms with E-state index in [1.165, 1.54) is 11.1 Å². The minimum Gasteiger partial charge on any atom is -0.303 e. The van der Waals surface area contributed by atoms with E-state index in [0.717, 1.165) is 23.2 Å². The molecule has 0 N–H and O–H groups in total. The molecule has 1 amide bonds. The van der Waals surface area contributed by atoms with Gasteiger partial charge in [0.15, 0.2) is 0 Å². The molecule has 1 unspecified atom stereocenters. The maximum atomic E-state index is 13.4. The van der Waals surface area contributed by atoms with Crippen LogP contribution in [-0.4, -0.2) is 11.4 Å². The molecule has 3 aromatic carbocycles. The van der Waals surface area contributed by atoms with Gasteiger partial charge in [0, 0.05) is 22.7 Å². The van der Waals surface area contributed by atoms with Crippen molar-refractivity contribution in [3.63, 3.8) is 0 Å². The summed E-state index contributed by atoms with van der Waals surface area (Å²) in [7, 11) is 0. The highest BCUT2D eigenvalue weighted by molar-refractivity contribution is 6.06. The second-order valence-corrected chi connectivity index (χ2v) is 9.13. The lowest BCUT2D eigenvalue weighted by Crippen LogP contribution is -2.55. The topological polar surface area (TPSA) is 20.3 Å². The number of nitrogens with zero attached hydrogens (tertiary/aromatic N) is 1. The van der Waals surface area contributed by atoms with Crippen LogP contribution in [0.2, 0.25) is 0 Å². The molecular formula is C28H29NO. The molecule has 0 radical (unpaired) electrons. The predicted molar refractivity (Wildman–Crippen MR) is 126 cm³/mol. The van der Waals surface area contributed by atoms with Gasteiger partial charge in [-0.25, -0.2) is 0 Å². The molecule has 0 aliphatic carbocycles. The van der Waals surface area contributed by atoms with Gasteiger partial charge in [-0.2, -0.15) is 0 Å². The quantitative estimate of drug-likeness (QED) is 0.462. The number of aryl methyl sites for hydroxylation is 1. The SMILES string of the molecule is Cc1ccc2c(c1)N(C(=O)C=Cc1ccccc1)C(C)(C)CC2(C)c1ccccc1. The zero-order valence-corrected chi connectivity index (χ0v) is 18.2. The first-order valence-corrected chi connectivity index (χ1v) is 10.6. The first-order chi connectivity index (χ1) is 14.3. The van der Waals surface area contributed by atoms with Gasteiger partial charge in [0.05, 0.1) is 0 Å². The molecule has 0 saturated carbocycles. The van der Waals surface area contributed by atoms with Crippen LogP contribution in [0, 0.1) is 6.92 Å². The molecule has 1 heterocycles. The van der Waals surface area contributed by atoms with E-state index in [1.807, 2.05) is 41.3 Å². The number of hydrogen-bond donors (Lipinski definition) is 0. The van der Waals surface area contributed by atoms with E-state index in [2.05, 4.69) is 76.2 Å². The lowest BCUT2D eigenvalue weighted by molar-refractivity contribution is -0.115. The molecule has 0 spiro atoms. The molecule has 152 valence electrons. The van der Waals surface area contributed by atoms with Gasteiger partial charge in [-0.05, 0) is 61.6 Å². The Bertz CT molecular complexity index is 1080. The summed E-state index contributed by atoms with van der Waals surface area (Å²) in [6.07, 6.45) is 4.46. The average molecular weight is 396 g/mol. The normalized spacial score (nSPS) is 20.2. The highest BCUT2D eigenvalue weighted by Crippen LogP contribution is 2.50. The van der Waals surface area contributed by atoms with E-state index in [4.69, 9.17) is 0 Å². The minimum atomic E-state index is -0.330. The van der Waals surface area contributed by atoms with Crippen molar-refractivity contribution in [2.75, 3.05) is 4.90 Å². The molecule has 1 aliphatic heterocycles. The number of amides is 1. The Labute approximate surface area is 179 Å². The van der Waals surface area contributed by atoms with Crippen LogP contribution in [0.5, 0.6) is 0 Å². The smallest absolute Gasteiger partial charge is 0.251 e. The third kappa shape index (κ3) is 3.59. The highest BCUT2D eigenvalue weighted by atomic mass is 16.2. The molecule has 1 aliphatic rings. The highest BCUT2D eigenvalue weighted by Gasteiger charge is 2.47. The lowest BCUT2D eigenvalue weighted by Gasteiger charge is -2.51. The van der Waals surface area contributed by atoms with Crippen LogP contribution in [0.15, 0.2) is 84.9 Å². The van der Waals surface area contributed by atoms with E-state index in [9.17, 15) is 4.79 Å². The van der Waals surface area contributed by atoms with E-state index < -0.39 is 0 Å². The van der Waals surface area contributed by atoms with Gasteiger partial charge in [-0.3, -0.25) is 4.79 Å². The zero-order valence-electron chi connectivity index (χ0n) is 18.2. The van der Waals surface area contributed by atoms with Crippen LogP contribution in [0.3, 0.4) is 0 Å². The third-order valence-corrected chi connectivity index (χ3v) is 6.23. The van der Waals surface area contributed by atoms with Crippen molar-refractivity contribution in [2.45, 2.75) is 45.1 Å². The zero-order chi connectivity index (χ0) is 21.4. The summed E-state index contributed by atoms with van der Waals surface area (Å²) >= 11 is 0. The number of anilines is 1. The number of carbonyl (C=O) groups is 1. The van der Waals surface area contributed by atoms with Gasteiger partial charge in [0.25, 0.3) is 5.91 Å². The molecule has 2 nitrogen and oxygen atoms in total. The molecule has 2 heteroatoms. The summed E-state index contributed by atoms with van der Waals surface area (Å²) in [4.78, 5) is 15.4. The monoisotopic (exact) mass is 395 g/mol. The van der Waals surface area contributed by atoms with Gasteiger partial charge in [0.1, 0.15) is 0 Å². The summed E-state index contributed by atoms with van der Waals surface area (Å²) in [6, 6.07) is 27.1. The van der Waals surface area contributed by atoms with Crippen molar-refractivity contribution in [1.82, 2.24) is 0 Å². The summed E-state index contributed by atoms with van der Waals surface area (Å²) in [6.45, 7) is 8.74. The van der Waals surface area contributed by atoms with E-state index in [1.54, 1.807) is 6.08 Å². The van der Waals surface area contributed by atoms with Crippen molar-refractivity contribution in [3.8, 4) is 0 Å². The fraction of sp³-hybridized carbons (Fsp3) is 0.250. The van der Waals surface area contributed by atoms with E-state index in [-0.39, 0.29) is 16.9 Å². The van der Waals surface area contributed by atoms with Crippen LogP contribution >= 0.6 is 0 Å². The fourth-order valence-corrected chi connectivity index (χ4v) is 4.95. The van der Waals surface area contributed by atoms with E-state index in [0.29, 0.717) is 0 Å². The van der Waals surface area contributed by atoms with Crippen LogP contribution < -0.4 is 4.90 Å².